The van der Waals surface area contributed by atoms with E-state index in [9.17, 15) is 0 Å². The van der Waals surface area contributed by atoms with E-state index in [1.807, 2.05) is 19.0 Å². The summed E-state index contributed by atoms with van der Waals surface area (Å²) in [6, 6.07) is 3.09. The molecule has 1 nitrogen and oxygen atoms in total. The largest absolute Gasteiger partial charge is 0.339 e. The van der Waals surface area contributed by atoms with Gasteiger partial charge in [0.15, 0.2) is 0 Å². The van der Waals surface area contributed by atoms with Gasteiger partial charge in [0.2, 0.25) is 0 Å². The maximum atomic E-state index is 3.93. The smallest absolute Gasteiger partial charge is 0.0258 e. The van der Waals surface area contributed by atoms with Gasteiger partial charge in [-0.1, -0.05) is 45.6 Å². The first-order valence-electron chi connectivity index (χ1n) is 5.84. The quantitative estimate of drug-likeness (QED) is 0.379. The van der Waals surface area contributed by atoms with Crippen LogP contribution in [0.2, 0.25) is 0 Å². The lowest BCUT2D eigenvalue weighted by Gasteiger charge is -2.23. The molecular formula is C14H25N. The van der Waals surface area contributed by atoms with Crippen LogP contribution in [0, 0.1) is 29.7 Å². The van der Waals surface area contributed by atoms with Gasteiger partial charge in [-0.25, -0.2) is 0 Å². The average molecular weight is 207 g/mol. The molecule has 0 aromatic rings. The van der Waals surface area contributed by atoms with Gasteiger partial charge in [0.1, 0.15) is 0 Å². The SMILES string of the molecule is C=CC(C(C)C#CN(C)C)C(C)CCC. The van der Waals surface area contributed by atoms with Crippen LogP contribution in [-0.4, -0.2) is 19.0 Å². The van der Waals surface area contributed by atoms with Gasteiger partial charge in [-0.05, 0) is 11.8 Å². The van der Waals surface area contributed by atoms with Crippen LogP contribution in [0.3, 0.4) is 0 Å². The predicted molar refractivity (Wildman–Crippen MR) is 68.4 cm³/mol. The van der Waals surface area contributed by atoms with Crippen LogP contribution in [0.15, 0.2) is 12.7 Å². The topological polar surface area (TPSA) is 3.24 Å². The molecule has 0 saturated heterocycles. The van der Waals surface area contributed by atoms with E-state index >= 15 is 0 Å². The lowest BCUT2D eigenvalue weighted by molar-refractivity contribution is 0.343. The molecule has 0 amide bonds. The molecule has 0 heterocycles. The standard InChI is InChI=1S/C14H25N/c1-7-9-12(3)14(8-2)13(4)10-11-15(5)6/h8,12-14H,2,7,9H2,1,3-6H3. The fraction of sp³-hybridized carbons (Fsp3) is 0.714. The number of hydrogen-bond acceptors (Lipinski definition) is 1. The van der Waals surface area contributed by atoms with E-state index < -0.39 is 0 Å². The zero-order chi connectivity index (χ0) is 11.8. The molecule has 0 aliphatic carbocycles. The van der Waals surface area contributed by atoms with Crippen LogP contribution < -0.4 is 0 Å². The van der Waals surface area contributed by atoms with Crippen LogP contribution in [0.1, 0.15) is 33.6 Å². The monoisotopic (exact) mass is 207 g/mol. The summed E-state index contributed by atoms with van der Waals surface area (Å²) >= 11 is 0. The van der Waals surface area contributed by atoms with Crippen LogP contribution in [-0.2, 0) is 0 Å². The van der Waals surface area contributed by atoms with Gasteiger partial charge in [0.05, 0.1) is 0 Å². The second kappa shape index (κ2) is 7.40. The number of hydrogen-bond donors (Lipinski definition) is 0. The van der Waals surface area contributed by atoms with Gasteiger partial charge >= 0.3 is 0 Å². The first-order valence-corrected chi connectivity index (χ1v) is 5.84. The fourth-order valence-electron chi connectivity index (χ4n) is 1.90. The molecule has 0 aromatic carbocycles. The first-order chi connectivity index (χ1) is 7.02. The van der Waals surface area contributed by atoms with E-state index in [0.29, 0.717) is 17.8 Å². The van der Waals surface area contributed by atoms with Gasteiger partial charge < -0.3 is 4.90 Å². The molecule has 0 rings (SSSR count). The van der Waals surface area contributed by atoms with E-state index in [-0.39, 0.29) is 0 Å². The number of rotatable bonds is 5. The molecule has 0 aromatic heterocycles. The Hall–Kier alpha value is -0.900. The Bertz CT molecular complexity index is 231. The summed E-state index contributed by atoms with van der Waals surface area (Å²) in [4.78, 5) is 1.90. The van der Waals surface area contributed by atoms with Crippen molar-refractivity contribution in [3.8, 4) is 12.0 Å². The van der Waals surface area contributed by atoms with Crippen molar-refractivity contribution in [2.45, 2.75) is 33.6 Å². The maximum absolute atomic E-state index is 3.93. The first kappa shape index (κ1) is 14.1. The van der Waals surface area contributed by atoms with Crippen molar-refractivity contribution in [1.29, 1.82) is 0 Å². The molecule has 0 spiro atoms. The van der Waals surface area contributed by atoms with Crippen molar-refractivity contribution >= 4 is 0 Å². The minimum absolute atomic E-state index is 0.395. The van der Waals surface area contributed by atoms with Crippen LogP contribution >= 0.6 is 0 Å². The molecule has 86 valence electrons. The minimum Gasteiger partial charge on any atom is -0.339 e. The molecule has 0 radical (unpaired) electrons. The van der Waals surface area contributed by atoms with Crippen molar-refractivity contribution < 1.29 is 0 Å². The predicted octanol–water partition coefficient (Wildman–Crippen LogP) is 3.38. The summed E-state index contributed by atoms with van der Waals surface area (Å²) in [5.74, 6) is 4.86. The molecule has 15 heavy (non-hydrogen) atoms. The summed E-state index contributed by atoms with van der Waals surface area (Å²) in [5, 5.41) is 0. The molecular weight excluding hydrogens is 182 g/mol. The van der Waals surface area contributed by atoms with E-state index in [4.69, 9.17) is 0 Å². The van der Waals surface area contributed by atoms with Crippen LogP contribution in [0.5, 0.6) is 0 Å². The Morgan fingerprint density at radius 3 is 2.33 bits per heavy atom. The molecule has 0 N–H and O–H groups in total. The Balaban J connectivity index is 4.41. The minimum atomic E-state index is 0.395. The van der Waals surface area contributed by atoms with E-state index in [1.165, 1.54) is 12.8 Å². The summed E-state index contributed by atoms with van der Waals surface area (Å²) in [7, 11) is 3.94. The zero-order valence-electron chi connectivity index (χ0n) is 10.9. The molecule has 1 heteroatoms. The van der Waals surface area contributed by atoms with Gasteiger partial charge in [0.25, 0.3) is 0 Å². The third-order valence-electron chi connectivity index (χ3n) is 2.77. The van der Waals surface area contributed by atoms with E-state index in [2.05, 4.69) is 45.4 Å². The molecule has 0 aliphatic rings. The van der Waals surface area contributed by atoms with Crippen molar-refractivity contribution in [3.05, 3.63) is 12.7 Å². The zero-order valence-corrected chi connectivity index (χ0v) is 10.9. The Labute approximate surface area is 95.6 Å². The molecule has 3 unspecified atom stereocenters. The van der Waals surface area contributed by atoms with Crippen molar-refractivity contribution in [1.82, 2.24) is 4.90 Å². The number of nitrogens with zero attached hydrogens (tertiary/aromatic N) is 1. The molecule has 0 fully saturated rings. The fourth-order valence-corrected chi connectivity index (χ4v) is 1.90. The summed E-state index contributed by atoms with van der Waals surface area (Å²) < 4.78 is 0. The summed E-state index contributed by atoms with van der Waals surface area (Å²) in [6.07, 6.45) is 4.55. The summed E-state index contributed by atoms with van der Waals surface area (Å²) in [5.41, 5.74) is 0. The Morgan fingerprint density at radius 2 is 1.93 bits per heavy atom. The highest BCUT2D eigenvalue weighted by molar-refractivity contribution is 5.06. The lowest BCUT2D eigenvalue weighted by Crippen LogP contribution is -2.17. The second-order valence-corrected chi connectivity index (χ2v) is 4.52. The highest BCUT2D eigenvalue weighted by Gasteiger charge is 2.18. The Morgan fingerprint density at radius 1 is 1.33 bits per heavy atom. The van der Waals surface area contributed by atoms with Crippen molar-refractivity contribution in [2.75, 3.05) is 14.1 Å². The van der Waals surface area contributed by atoms with Gasteiger partial charge in [-0.3, -0.25) is 0 Å². The van der Waals surface area contributed by atoms with Crippen LogP contribution in [0.25, 0.3) is 0 Å². The number of allylic oxidation sites excluding steroid dienone is 1. The lowest BCUT2D eigenvalue weighted by atomic mass is 9.81. The third-order valence-corrected chi connectivity index (χ3v) is 2.77. The van der Waals surface area contributed by atoms with Crippen molar-refractivity contribution in [2.24, 2.45) is 17.8 Å². The molecule has 0 bridgehead atoms. The highest BCUT2D eigenvalue weighted by atomic mass is 15.0. The average Bonchev–Trinajstić information content (AvgIpc) is 2.16. The van der Waals surface area contributed by atoms with Gasteiger partial charge in [-0.2, -0.15) is 0 Å². The van der Waals surface area contributed by atoms with Gasteiger partial charge in [0, 0.05) is 26.1 Å². The third kappa shape index (κ3) is 5.52. The maximum Gasteiger partial charge on any atom is 0.0258 e. The Kier molecular flexibility index (Phi) is 6.96. The molecule has 3 atom stereocenters. The van der Waals surface area contributed by atoms with E-state index in [0.717, 1.165) is 0 Å². The molecule has 0 saturated carbocycles. The second-order valence-electron chi connectivity index (χ2n) is 4.52. The van der Waals surface area contributed by atoms with Gasteiger partial charge in [-0.15, -0.1) is 6.58 Å². The molecule has 0 aliphatic heterocycles. The highest BCUT2D eigenvalue weighted by Crippen LogP contribution is 2.25. The van der Waals surface area contributed by atoms with Crippen molar-refractivity contribution in [3.63, 3.8) is 0 Å². The van der Waals surface area contributed by atoms with E-state index in [1.54, 1.807) is 0 Å². The van der Waals surface area contributed by atoms with Crippen LogP contribution in [0.4, 0.5) is 0 Å². The summed E-state index contributed by atoms with van der Waals surface area (Å²) in [6.45, 7) is 10.6. The normalized spacial score (nSPS) is 15.8.